The fraction of sp³-hybridized carbons (Fsp3) is 0.429. The zero-order chi connectivity index (χ0) is 12.5. The third-order valence-corrected chi connectivity index (χ3v) is 3.78. The summed E-state index contributed by atoms with van der Waals surface area (Å²) < 4.78 is 0. The van der Waals surface area contributed by atoms with Crippen molar-refractivity contribution in [3.8, 4) is 6.07 Å². The van der Waals surface area contributed by atoms with Crippen molar-refractivity contribution >= 4 is 17.3 Å². The molecule has 0 aliphatic carbocycles. The Hall–Kier alpha value is -2.02. The molecule has 0 bridgehead atoms. The number of carbonyl (C=O) groups excluding carboxylic acids is 1. The molecule has 1 aromatic carbocycles. The van der Waals surface area contributed by atoms with Crippen LogP contribution in [-0.4, -0.2) is 18.5 Å². The Bertz CT molecular complexity index is 532. The molecule has 0 spiro atoms. The first-order chi connectivity index (χ1) is 8.81. The molecule has 1 amide bonds. The van der Waals surface area contributed by atoms with Crippen LogP contribution in [0.1, 0.15) is 31.2 Å². The minimum absolute atomic E-state index is 0.0344. The third-order valence-electron chi connectivity index (χ3n) is 3.78. The number of hydrogen-bond donors (Lipinski definition) is 1. The summed E-state index contributed by atoms with van der Waals surface area (Å²) in [6, 6.07) is 7.71. The first-order valence-electron chi connectivity index (χ1n) is 6.42. The normalized spacial score (nSPS) is 22.3. The van der Waals surface area contributed by atoms with Crippen LogP contribution in [0.2, 0.25) is 0 Å². The maximum atomic E-state index is 12.1. The van der Waals surface area contributed by atoms with Gasteiger partial charge in [-0.2, -0.15) is 5.26 Å². The van der Waals surface area contributed by atoms with Crippen LogP contribution in [0.15, 0.2) is 18.2 Å². The molecule has 4 nitrogen and oxygen atoms in total. The molecule has 0 saturated carbocycles. The first-order valence-corrected chi connectivity index (χ1v) is 6.42. The van der Waals surface area contributed by atoms with Crippen LogP contribution in [0.3, 0.4) is 0 Å². The van der Waals surface area contributed by atoms with Crippen molar-refractivity contribution in [2.45, 2.75) is 31.7 Å². The molecule has 1 N–H and O–H groups in total. The summed E-state index contributed by atoms with van der Waals surface area (Å²) in [5, 5.41) is 12.0. The number of rotatable bonds is 0. The number of nitrogens with zero attached hydrogens (tertiary/aromatic N) is 2. The van der Waals surface area contributed by atoms with Gasteiger partial charge in [0.25, 0.3) is 0 Å². The molecule has 0 radical (unpaired) electrons. The Morgan fingerprint density at radius 2 is 2.22 bits per heavy atom. The van der Waals surface area contributed by atoms with Gasteiger partial charge in [-0.15, -0.1) is 0 Å². The molecule has 3 rings (SSSR count). The lowest BCUT2D eigenvalue weighted by molar-refractivity contribution is -0.117. The van der Waals surface area contributed by atoms with E-state index in [1.54, 1.807) is 6.07 Å². The van der Waals surface area contributed by atoms with E-state index in [-0.39, 0.29) is 11.9 Å². The predicted octanol–water partition coefficient (Wildman–Crippen LogP) is 2.26. The van der Waals surface area contributed by atoms with Crippen LogP contribution in [-0.2, 0) is 4.79 Å². The van der Waals surface area contributed by atoms with Crippen molar-refractivity contribution in [2.24, 2.45) is 0 Å². The van der Waals surface area contributed by atoms with E-state index in [4.69, 9.17) is 5.26 Å². The molecule has 2 aliphatic heterocycles. The van der Waals surface area contributed by atoms with E-state index < -0.39 is 0 Å². The highest BCUT2D eigenvalue weighted by molar-refractivity contribution is 6.05. The van der Waals surface area contributed by atoms with Gasteiger partial charge in [0.2, 0.25) is 5.91 Å². The van der Waals surface area contributed by atoms with Gasteiger partial charge in [0, 0.05) is 6.54 Å². The van der Waals surface area contributed by atoms with Crippen molar-refractivity contribution in [1.82, 2.24) is 0 Å². The Labute approximate surface area is 106 Å². The Morgan fingerprint density at radius 3 is 3.06 bits per heavy atom. The summed E-state index contributed by atoms with van der Waals surface area (Å²) in [6.07, 6.45) is 4.29. The molecule has 0 aromatic heterocycles. The summed E-state index contributed by atoms with van der Waals surface area (Å²) in [5.41, 5.74) is 2.23. The Morgan fingerprint density at radius 1 is 1.33 bits per heavy atom. The van der Waals surface area contributed by atoms with E-state index in [1.807, 2.05) is 12.1 Å². The zero-order valence-corrected chi connectivity index (χ0v) is 10.1. The molecular weight excluding hydrogens is 226 g/mol. The van der Waals surface area contributed by atoms with Gasteiger partial charge in [0.05, 0.1) is 16.9 Å². The van der Waals surface area contributed by atoms with E-state index >= 15 is 0 Å². The van der Waals surface area contributed by atoms with Crippen molar-refractivity contribution < 1.29 is 4.79 Å². The van der Waals surface area contributed by atoms with Gasteiger partial charge in [-0.05, 0) is 25.0 Å². The molecule has 92 valence electrons. The quantitative estimate of drug-likeness (QED) is 0.758. The van der Waals surface area contributed by atoms with Crippen molar-refractivity contribution in [1.29, 1.82) is 5.26 Å². The highest BCUT2D eigenvalue weighted by atomic mass is 16.2. The second-order valence-electron chi connectivity index (χ2n) is 4.86. The highest BCUT2D eigenvalue weighted by Gasteiger charge is 2.34. The van der Waals surface area contributed by atoms with Crippen molar-refractivity contribution in [2.75, 3.05) is 16.8 Å². The number of carbonyl (C=O) groups is 1. The summed E-state index contributed by atoms with van der Waals surface area (Å²) in [4.78, 5) is 14.3. The summed E-state index contributed by atoms with van der Waals surface area (Å²) >= 11 is 0. The molecule has 1 atom stereocenters. The number of benzene rings is 1. The van der Waals surface area contributed by atoms with E-state index in [9.17, 15) is 4.79 Å². The van der Waals surface area contributed by atoms with Crippen LogP contribution in [0.25, 0.3) is 0 Å². The lowest BCUT2D eigenvalue weighted by atomic mass is 10.0. The van der Waals surface area contributed by atoms with Crippen LogP contribution >= 0.6 is 0 Å². The molecule has 4 heteroatoms. The smallest absolute Gasteiger partial charge is 0.247 e. The van der Waals surface area contributed by atoms with Gasteiger partial charge >= 0.3 is 0 Å². The number of para-hydroxylation sites is 1. The molecule has 1 fully saturated rings. The third kappa shape index (κ3) is 1.63. The predicted molar refractivity (Wildman–Crippen MR) is 69.4 cm³/mol. The summed E-state index contributed by atoms with van der Waals surface area (Å²) in [6.45, 7) is 0.903. The zero-order valence-electron chi connectivity index (χ0n) is 10.1. The highest BCUT2D eigenvalue weighted by Crippen LogP contribution is 2.37. The monoisotopic (exact) mass is 241 g/mol. The second kappa shape index (κ2) is 4.34. The van der Waals surface area contributed by atoms with E-state index in [2.05, 4.69) is 16.3 Å². The number of hydrogen-bond acceptors (Lipinski definition) is 3. The van der Waals surface area contributed by atoms with Gasteiger partial charge in [-0.1, -0.05) is 18.9 Å². The molecular formula is C14H15N3O. The Balaban J connectivity index is 2.10. The number of amides is 1. The minimum Gasteiger partial charge on any atom is -0.358 e. The van der Waals surface area contributed by atoms with E-state index in [0.717, 1.165) is 31.5 Å². The Kier molecular flexibility index (Phi) is 2.67. The summed E-state index contributed by atoms with van der Waals surface area (Å²) in [5.74, 6) is 0.0344. The number of nitrogens with one attached hydrogen (secondary N) is 1. The van der Waals surface area contributed by atoms with Gasteiger partial charge in [0.1, 0.15) is 12.1 Å². The van der Waals surface area contributed by atoms with Crippen LogP contribution in [0, 0.1) is 11.3 Å². The van der Waals surface area contributed by atoms with Crippen molar-refractivity contribution in [3.63, 3.8) is 0 Å². The minimum atomic E-state index is -0.0612. The molecule has 18 heavy (non-hydrogen) atoms. The van der Waals surface area contributed by atoms with Crippen LogP contribution in [0.4, 0.5) is 11.4 Å². The lowest BCUT2D eigenvalue weighted by Gasteiger charge is -2.37. The maximum Gasteiger partial charge on any atom is 0.247 e. The van der Waals surface area contributed by atoms with Gasteiger partial charge < -0.3 is 10.2 Å². The van der Waals surface area contributed by atoms with Crippen molar-refractivity contribution in [3.05, 3.63) is 23.8 Å². The molecule has 1 saturated heterocycles. The molecule has 1 unspecified atom stereocenters. The fourth-order valence-corrected chi connectivity index (χ4v) is 2.88. The topological polar surface area (TPSA) is 56.1 Å². The van der Waals surface area contributed by atoms with Gasteiger partial charge in [-0.25, -0.2) is 0 Å². The number of anilines is 2. The maximum absolute atomic E-state index is 12.1. The largest absolute Gasteiger partial charge is 0.358 e. The van der Waals surface area contributed by atoms with Gasteiger partial charge in [-0.3, -0.25) is 4.79 Å². The standard InChI is InChI=1S/C14H15N3O/c15-9-10-5-4-7-11-13(10)16-14(18)12-6-2-1-3-8-17(11)12/h4-5,7,12H,1-3,6,8H2,(H,16,18). The SMILES string of the molecule is N#Cc1cccc2c1NC(=O)C1CCCCCN21. The van der Waals surface area contributed by atoms with Gasteiger partial charge in [0.15, 0.2) is 0 Å². The number of nitriles is 1. The van der Waals surface area contributed by atoms with E-state index in [0.29, 0.717) is 11.3 Å². The average molecular weight is 241 g/mol. The first kappa shape index (κ1) is 11.1. The average Bonchev–Trinajstić information content (AvgIpc) is 2.64. The second-order valence-corrected chi connectivity index (χ2v) is 4.86. The van der Waals surface area contributed by atoms with Crippen LogP contribution in [0.5, 0.6) is 0 Å². The lowest BCUT2D eigenvalue weighted by Crippen LogP contribution is -2.47. The van der Waals surface area contributed by atoms with Crippen LogP contribution < -0.4 is 10.2 Å². The molecule has 1 aromatic rings. The van der Waals surface area contributed by atoms with E-state index in [1.165, 1.54) is 6.42 Å². The fourth-order valence-electron chi connectivity index (χ4n) is 2.88. The summed E-state index contributed by atoms with van der Waals surface area (Å²) in [7, 11) is 0. The number of fused-ring (bicyclic) bond motifs is 3. The molecule has 2 heterocycles. The molecule has 2 aliphatic rings.